The van der Waals surface area contributed by atoms with E-state index < -0.39 is 0 Å². The van der Waals surface area contributed by atoms with Gasteiger partial charge in [0.1, 0.15) is 0 Å². The molecule has 2 nitrogen and oxygen atoms in total. The number of nitrogens with zero attached hydrogens (tertiary/aromatic N) is 1. The van der Waals surface area contributed by atoms with Crippen LogP contribution >= 0.6 is 0 Å². The maximum absolute atomic E-state index is 9.53. The second kappa shape index (κ2) is 4.50. The van der Waals surface area contributed by atoms with Gasteiger partial charge in [-0.2, -0.15) is 4.91 Å². The number of rotatable bonds is 4. The Bertz CT molecular complexity index is 88.5. The molecule has 0 aromatic carbocycles. The summed E-state index contributed by atoms with van der Waals surface area (Å²) in [4.78, 5) is 9.53. The van der Waals surface area contributed by atoms with E-state index in [2.05, 4.69) is 11.8 Å². The Morgan fingerprint density at radius 2 is 2.38 bits per heavy atom. The summed E-state index contributed by atoms with van der Waals surface area (Å²) < 4.78 is 0. The van der Waals surface area contributed by atoms with Gasteiger partial charge in [-0.3, -0.25) is 0 Å². The van der Waals surface area contributed by atoms with Crippen molar-refractivity contribution in [2.45, 2.75) is 19.8 Å². The van der Waals surface area contributed by atoms with Gasteiger partial charge in [-0.05, 0) is 12.8 Å². The quantitative estimate of drug-likeness (QED) is 0.405. The summed E-state index contributed by atoms with van der Waals surface area (Å²) in [6.07, 6.45) is 1.70. The van der Waals surface area contributed by atoms with Crippen molar-refractivity contribution in [2.75, 3.05) is 6.54 Å². The van der Waals surface area contributed by atoms with E-state index in [0.29, 0.717) is 6.54 Å². The Balaban J connectivity index is 3.11. The molecule has 0 aliphatic rings. The first-order chi connectivity index (χ1) is 3.81. The zero-order valence-corrected chi connectivity index (χ0v) is 5.18. The highest BCUT2D eigenvalue weighted by Crippen LogP contribution is 2.01. The first-order valence-electron chi connectivity index (χ1n) is 2.77. The maximum Gasteiger partial charge on any atom is 0.0848 e. The molecule has 0 aromatic heterocycles. The molecule has 0 spiro atoms. The monoisotopic (exact) mass is 113 g/mol. The van der Waals surface area contributed by atoms with Gasteiger partial charge in [0.2, 0.25) is 0 Å². The largest absolute Gasteiger partial charge is 0.151 e. The van der Waals surface area contributed by atoms with E-state index in [1.165, 1.54) is 0 Å². The predicted octanol–water partition coefficient (Wildman–Crippen LogP) is 2.11. The van der Waals surface area contributed by atoms with Crippen LogP contribution in [0.1, 0.15) is 19.8 Å². The Morgan fingerprint density at radius 3 is 2.75 bits per heavy atom. The minimum absolute atomic E-state index is 0.382. The maximum atomic E-state index is 9.53. The molecule has 0 amide bonds. The summed E-state index contributed by atoms with van der Waals surface area (Å²) in [5.74, 6) is 0. The lowest BCUT2D eigenvalue weighted by Gasteiger charge is -1.93. The number of nitroso groups, excluding NO2 is 1. The molecule has 0 N–H and O–H groups in total. The van der Waals surface area contributed by atoms with Crippen LogP contribution in [0.3, 0.4) is 0 Å². The molecule has 0 unspecified atom stereocenters. The molecule has 0 heterocycles. The summed E-state index contributed by atoms with van der Waals surface area (Å²) in [7, 11) is 0. The van der Waals surface area contributed by atoms with E-state index in [4.69, 9.17) is 0 Å². The van der Waals surface area contributed by atoms with Crippen molar-refractivity contribution in [1.29, 1.82) is 0 Å². The minimum Gasteiger partial charge on any atom is -0.151 e. The van der Waals surface area contributed by atoms with Gasteiger partial charge < -0.3 is 0 Å². The highest BCUT2D eigenvalue weighted by atomic mass is 16.3. The molecule has 0 rings (SSSR count). The third-order valence-electron chi connectivity index (χ3n) is 1.06. The number of hydrogen-bond acceptors (Lipinski definition) is 2. The fraction of sp³-hybridized carbons (Fsp3) is 0.667. The molecule has 2 heteroatoms. The van der Waals surface area contributed by atoms with Gasteiger partial charge in [0, 0.05) is 0 Å². The van der Waals surface area contributed by atoms with Crippen LogP contribution in [0.5, 0.6) is 0 Å². The molecule has 0 saturated heterocycles. The topological polar surface area (TPSA) is 29.4 Å². The van der Waals surface area contributed by atoms with E-state index >= 15 is 0 Å². The first-order valence-corrected chi connectivity index (χ1v) is 2.77. The lowest BCUT2D eigenvalue weighted by molar-refractivity contribution is 0.895. The lowest BCUT2D eigenvalue weighted by atomic mass is 10.2. The number of hydrogen-bond donors (Lipinski definition) is 0. The van der Waals surface area contributed by atoms with Crippen molar-refractivity contribution in [3.63, 3.8) is 0 Å². The highest BCUT2D eigenvalue weighted by molar-refractivity contribution is 4.92. The average molecular weight is 113 g/mol. The predicted molar refractivity (Wildman–Crippen MR) is 34.7 cm³/mol. The molecule has 0 aliphatic carbocycles. The highest BCUT2D eigenvalue weighted by Gasteiger charge is 1.87. The van der Waals surface area contributed by atoms with Crippen molar-refractivity contribution in [3.8, 4) is 0 Å². The molecule has 0 bridgehead atoms. The van der Waals surface area contributed by atoms with Crippen molar-refractivity contribution < 1.29 is 0 Å². The van der Waals surface area contributed by atoms with Gasteiger partial charge in [-0.25, -0.2) is 0 Å². The van der Waals surface area contributed by atoms with Crippen molar-refractivity contribution >= 4 is 0 Å². The molecule has 0 fully saturated rings. The van der Waals surface area contributed by atoms with Crippen LogP contribution in [0.4, 0.5) is 0 Å². The second-order valence-corrected chi connectivity index (χ2v) is 1.71. The Morgan fingerprint density at radius 1 is 1.75 bits per heavy atom. The van der Waals surface area contributed by atoms with Crippen molar-refractivity contribution in [1.82, 2.24) is 0 Å². The van der Waals surface area contributed by atoms with Crippen molar-refractivity contribution in [2.24, 2.45) is 5.18 Å². The third kappa shape index (κ3) is 3.53. The van der Waals surface area contributed by atoms with Crippen LogP contribution in [0.2, 0.25) is 0 Å². The van der Waals surface area contributed by atoms with E-state index in [0.717, 1.165) is 18.4 Å². The molecule has 8 heavy (non-hydrogen) atoms. The average Bonchev–Trinajstić information content (AvgIpc) is 1.83. The molecule has 0 radical (unpaired) electrons. The van der Waals surface area contributed by atoms with Gasteiger partial charge in [-0.15, -0.1) is 0 Å². The standard InChI is InChI=1S/C6H11NO/c1-3-6(2)4-5-7-8/h2-5H2,1H3. The second-order valence-electron chi connectivity index (χ2n) is 1.71. The van der Waals surface area contributed by atoms with Gasteiger partial charge in [0.25, 0.3) is 0 Å². The Kier molecular flexibility index (Phi) is 4.13. The van der Waals surface area contributed by atoms with Gasteiger partial charge in [-0.1, -0.05) is 24.3 Å². The summed E-state index contributed by atoms with van der Waals surface area (Å²) in [5.41, 5.74) is 1.10. The Labute approximate surface area is 49.6 Å². The normalized spacial score (nSPS) is 8.62. The fourth-order valence-electron chi connectivity index (χ4n) is 0.381. The van der Waals surface area contributed by atoms with Gasteiger partial charge in [0.15, 0.2) is 0 Å². The summed E-state index contributed by atoms with van der Waals surface area (Å²) in [6.45, 7) is 6.11. The molecular formula is C6H11NO. The first kappa shape index (κ1) is 7.34. The molecule has 0 atom stereocenters. The van der Waals surface area contributed by atoms with Crippen LogP contribution in [0, 0.1) is 4.91 Å². The van der Waals surface area contributed by atoms with E-state index in [-0.39, 0.29) is 0 Å². The summed E-state index contributed by atoms with van der Waals surface area (Å²) in [6, 6.07) is 0. The molecule has 0 aromatic rings. The zero-order chi connectivity index (χ0) is 6.41. The van der Waals surface area contributed by atoms with Crippen LogP contribution in [-0.4, -0.2) is 6.54 Å². The van der Waals surface area contributed by atoms with Gasteiger partial charge in [0.05, 0.1) is 6.54 Å². The lowest BCUT2D eigenvalue weighted by Crippen LogP contribution is -1.81. The van der Waals surface area contributed by atoms with E-state index in [1.54, 1.807) is 0 Å². The summed E-state index contributed by atoms with van der Waals surface area (Å²) >= 11 is 0. The Hall–Kier alpha value is -0.660. The smallest absolute Gasteiger partial charge is 0.0848 e. The van der Waals surface area contributed by atoms with Gasteiger partial charge >= 0.3 is 0 Å². The molecule has 0 aliphatic heterocycles. The fourth-order valence-corrected chi connectivity index (χ4v) is 0.381. The van der Waals surface area contributed by atoms with Crippen molar-refractivity contribution in [3.05, 3.63) is 17.1 Å². The summed E-state index contributed by atoms with van der Waals surface area (Å²) in [5, 5.41) is 2.71. The third-order valence-corrected chi connectivity index (χ3v) is 1.06. The van der Waals surface area contributed by atoms with Crippen LogP contribution in [0.15, 0.2) is 17.3 Å². The minimum atomic E-state index is 0.382. The van der Waals surface area contributed by atoms with E-state index in [9.17, 15) is 4.91 Å². The zero-order valence-electron chi connectivity index (χ0n) is 5.18. The van der Waals surface area contributed by atoms with Crippen LogP contribution in [-0.2, 0) is 0 Å². The van der Waals surface area contributed by atoms with Crippen LogP contribution in [0.25, 0.3) is 0 Å². The molecule has 0 saturated carbocycles. The van der Waals surface area contributed by atoms with Crippen LogP contribution < -0.4 is 0 Å². The molecular weight excluding hydrogens is 102 g/mol. The van der Waals surface area contributed by atoms with E-state index in [1.807, 2.05) is 6.92 Å². The molecule has 46 valence electrons. The SMILES string of the molecule is C=C(CC)CCN=O.